The Morgan fingerprint density at radius 3 is 0.979 bits per heavy atom. The van der Waals surface area contributed by atoms with Crippen LogP contribution in [0.3, 0.4) is 0 Å². The lowest BCUT2D eigenvalue weighted by atomic mass is 10.2. The van der Waals surface area contributed by atoms with Crippen LogP contribution in [0, 0.1) is 0 Å². The highest BCUT2D eigenvalue weighted by Gasteiger charge is 2.31. The van der Waals surface area contributed by atoms with Crippen molar-refractivity contribution >= 4 is 17.8 Å². The molecule has 1 N–H and O–H groups in total. The van der Waals surface area contributed by atoms with Crippen LogP contribution in [0.25, 0.3) is 0 Å². The van der Waals surface area contributed by atoms with Crippen LogP contribution < -0.4 is 5.32 Å². The van der Waals surface area contributed by atoms with Crippen molar-refractivity contribution in [1.82, 2.24) is 5.32 Å². The lowest BCUT2D eigenvalue weighted by Crippen LogP contribution is -2.27. The minimum absolute atomic E-state index is 0.0251. The maximum atomic E-state index is 11.8. The Bertz CT molecular complexity index is 843. The summed E-state index contributed by atoms with van der Waals surface area (Å²) in [6.45, 7) is 12.0. The fourth-order valence-electron chi connectivity index (χ4n) is 3.42. The van der Waals surface area contributed by atoms with Crippen LogP contribution in [0.2, 0.25) is 0 Å². The number of hydrogen-bond donors (Lipinski definition) is 1. The molecule has 1 aliphatic rings. The Kier molecular flexibility index (Phi) is 30.5. The topological polar surface area (TPSA) is 183 Å². The number of esters is 2. The number of methoxy groups -OCH3 is 1. The molecule has 0 atom stereocenters. The monoisotopic (exact) mass is 697 g/mol. The molecule has 0 radical (unpaired) electrons. The van der Waals surface area contributed by atoms with Gasteiger partial charge in [-0.2, -0.15) is 0 Å². The van der Waals surface area contributed by atoms with E-state index in [-0.39, 0.29) is 24.3 Å². The second-order valence-corrected chi connectivity index (χ2v) is 9.70. The van der Waals surface area contributed by atoms with E-state index in [1.54, 1.807) is 7.11 Å². The van der Waals surface area contributed by atoms with Crippen LogP contribution in [-0.2, 0) is 76.0 Å². The predicted octanol–water partition coefficient (Wildman–Crippen LogP) is -0.321. The van der Waals surface area contributed by atoms with Crippen LogP contribution in [0.1, 0.15) is 13.3 Å². The molecule has 0 saturated heterocycles. The smallest absolute Gasteiger partial charge is 0.363 e. The third-order valence-corrected chi connectivity index (χ3v) is 5.96. The van der Waals surface area contributed by atoms with Crippen molar-refractivity contribution in [3.8, 4) is 0 Å². The lowest BCUT2D eigenvalue weighted by Gasteiger charge is -2.09. The maximum Gasteiger partial charge on any atom is 0.363 e. The van der Waals surface area contributed by atoms with Gasteiger partial charge in [-0.1, -0.05) is 0 Å². The number of cyclic esters (lactones) is 2. The zero-order valence-electron chi connectivity index (χ0n) is 28.5. The Hall–Kier alpha value is -2.13. The number of hydrogen-bond acceptors (Lipinski definition) is 16. The molecule has 1 rings (SSSR count). The molecule has 0 aliphatic carbocycles. The molecular formula is C31H55NO16. The number of rotatable bonds is 37. The first-order valence-corrected chi connectivity index (χ1v) is 16.2. The average molecular weight is 698 g/mol. The van der Waals surface area contributed by atoms with Gasteiger partial charge in [0, 0.05) is 7.11 Å². The van der Waals surface area contributed by atoms with Gasteiger partial charge in [0.15, 0.2) is 0 Å². The Labute approximate surface area is 283 Å². The van der Waals surface area contributed by atoms with Crippen LogP contribution in [-0.4, -0.2) is 177 Å². The Morgan fingerprint density at radius 1 is 0.458 bits per heavy atom. The fourth-order valence-corrected chi connectivity index (χ4v) is 3.42. The average Bonchev–Trinajstić information content (AvgIpc) is 3.32. The summed E-state index contributed by atoms with van der Waals surface area (Å²) < 4.78 is 68.8. The van der Waals surface area contributed by atoms with E-state index in [1.165, 1.54) is 6.92 Å². The van der Waals surface area contributed by atoms with E-state index in [1.807, 2.05) is 0 Å². The van der Waals surface area contributed by atoms with Gasteiger partial charge in [0.2, 0.25) is 5.91 Å². The van der Waals surface area contributed by atoms with Gasteiger partial charge < -0.3 is 66.9 Å². The molecule has 0 aromatic heterocycles. The maximum absolute atomic E-state index is 11.8. The summed E-state index contributed by atoms with van der Waals surface area (Å²) in [5.74, 6) is -2.06. The van der Waals surface area contributed by atoms with Gasteiger partial charge >= 0.3 is 11.9 Å². The summed E-state index contributed by atoms with van der Waals surface area (Å²) in [7, 11) is 1.64. The molecule has 0 bridgehead atoms. The number of carbonyl (C=O) groups excluding carboxylic acids is 3. The molecule has 280 valence electrons. The summed E-state index contributed by atoms with van der Waals surface area (Å²) >= 11 is 0. The minimum Gasteiger partial charge on any atom is -0.385 e. The molecule has 0 fully saturated rings. The first-order chi connectivity index (χ1) is 23.6. The van der Waals surface area contributed by atoms with Gasteiger partial charge in [0.1, 0.15) is 5.70 Å². The number of nitrogens with one attached hydrogen (secondary N) is 1. The summed E-state index contributed by atoms with van der Waals surface area (Å²) in [4.78, 5) is 34.6. The molecule has 48 heavy (non-hydrogen) atoms. The molecule has 0 spiro atoms. The number of amides is 1. The Morgan fingerprint density at radius 2 is 0.729 bits per heavy atom. The number of carbonyl (C=O) groups is 3. The van der Waals surface area contributed by atoms with Crippen LogP contribution in [0.5, 0.6) is 0 Å². The van der Waals surface area contributed by atoms with E-state index in [9.17, 15) is 14.4 Å². The molecule has 0 aromatic rings. The molecule has 1 amide bonds. The second kappa shape index (κ2) is 33.4. The van der Waals surface area contributed by atoms with Crippen LogP contribution >= 0.6 is 0 Å². The van der Waals surface area contributed by atoms with Gasteiger partial charge in [-0.3, -0.25) is 4.79 Å². The highest BCUT2D eigenvalue weighted by molar-refractivity contribution is 6.13. The van der Waals surface area contributed by atoms with Crippen molar-refractivity contribution in [2.75, 3.05) is 159 Å². The molecule has 0 aromatic carbocycles. The van der Waals surface area contributed by atoms with Gasteiger partial charge in [-0.15, -0.1) is 0 Å². The van der Waals surface area contributed by atoms with Gasteiger partial charge in [-0.25, -0.2) is 9.59 Å². The van der Waals surface area contributed by atoms with E-state index >= 15 is 0 Å². The number of ether oxygens (including phenoxy) is 13. The summed E-state index contributed by atoms with van der Waals surface area (Å²) in [6, 6.07) is 0. The predicted molar refractivity (Wildman–Crippen MR) is 167 cm³/mol. The highest BCUT2D eigenvalue weighted by atomic mass is 16.6. The van der Waals surface area contributed by atoms with E-state index in [2.05, 4.69) is 10.1 Å². The van der Waals surface area contributed by atoms with E-state index in [4.69, 9.17) is 56.8 Å². The van der Waals surface area contributed by atoms with Crippen molar-refractivity contribution in [3.63, 3.8) is 0 Å². The standard InChI is InChI=1S/C31H55NO16/c1-27-29(31(35)48-30(27)34)32-28(33)3-4-37-7-8-39-11-12-41-15-16-43-19-20-45-23-24-47-26-25-46-22-21-44-18-17-42-14-13-40-10-9-38-6-5-36-2/h3-26H2,1-2H3,(H,32,33). The van der Waals surface area contributed by atoms with E-state index in [0.717, 1.165) is 0 Å². The van der Waals surface area contributed by atoms with E-state index < -0.39 is 17.8 Å². The molecule has 0 saturated carbocycles. The van der Waals surface area contributed by atoms with Crippen molar-refractivity contribution in [1.29, 1.82) is 0 Å². The fraction of sp³-hybridized carbons (Fsp3) is 0.839. The van der Waals surface area contributed by atoms with Crippen molar-refractivity contribution in [2.24, 2.45) is 0 Å². The summed E-state index contributed by atoms with van der Waals surface area (Å²) in [5.41, 5.74) is -0.0477. The third-order valence-electron chi connectivity index (χ3n) is 5.96. The largest absolute Gasteiger partial charge is 0.385 e. The zero-order chi connectivity index (χ0) is 34.8. The quantitative estimate of drug-likeness (QED) is 0.0506. The van der Waals surface area contributed by atoms with E-state index in [0.29, 0.717) is 145 Å². The SMILES string of the molecule is COCCOCCOCCOCCOCCOCCOCCOCCOCCOCCOCCOCCC(=O)NC1=C(C)C(=O)OC1=O. The highest BCUT2D eigenvalue weighted by Crippen LogP contribution is 2.14. The summed E-state index contributed by atoms with van der Waals surface area (Å²) in [6.07, 6.45) is 0.0251. The first-order valence-electron chi connectivity index (χ1n) is 16.2. The third kappa shape index (κ3) is 26.8. The molecule has 17 heteroatoms. The van der Waals surface area contributed by atoms with Gasteiger partial charge in [-0.05, 0) is 6.92 Å². The summed E-state index contributed by atoms with van der Waals surface area (Å²) in [5, 5.41) is 2.37. The van der Waals surface area contributed by atoms with Gasteiger partial charge in [0.05, 0.1) is 164 Å². The van der Waals surface area contributed by atoms with Crippen LogP contribution in [0.15, 0.2) is 11.3 Å². The molecule has 1 heterocycles. The lowest BCUT2D eigenvalue weighted by molar-refractivity contribution is -0.151. The minimum atomic E-state index is -0.855. The van der Waals surface area contributed by atoms with Crippen LogP contribution in [0.4, 0.5) is 0 Å². The molecule has 17 nitrogen and oxygen atoms in total. The van der Waals surface area contributed by atoms with Crippen molar-refractivity contribution in [2.45, 2.75) is 13.3 Å². The van der Waals surface area contributed by atoms with Gasteiger partial charge in [0.25, 0.3) is 0 Å². The molecular weight excluding hydrogens is 642 g/mol. The Balaban J connectivity index is 1.67. The van der Waals surface area contributed by atoms with Crippen molar-refractivity contribution in [3.05, 3.63) is 11.3 Å². The van der Waals surface area contributed by atoms with Crippen molar-refractivity contribution < 1.29 is 76.0 Å². The second-order valence-electron chi connectivity index (χ2n) is 9.70. The molecule has 1 aliphatic heterocycles. The first kappa shape index (κ1) is 43.9. The zero-order valence-corrected chi connectivity index (χ0v) is 28.5. The normalized spacial score (nSPS) is 13.1. The molecule has 0 unspecified atom stereocenters.